The van der Waals surface area contributed by atoms with Gasteiger partial charge in [0.2, 0.25) is 11.8 Å². The van der Waals surface area contributed by atoms with Gasteiger partial charge in [0.15, 0.2) is 0 Å². The van der Waals surface area contributed by atoms with Gasteiger partial charge in [0.1, 0.15) is 0 Å². The smallest absolute Gasteiger partial charge is 0.225 e. The Balaban J connectivity index is 0.00000156. The Bertz CT molecular complexity index is 446. The summed E-state index contributed by atoms with van der Waals surface area (Å²) in [6.07, 6.45) is 4.91. The van der Waals surface area contributed by atoms with Gasteiger partial charge in [0.05, 0.1) is 5.92 Å². The lowest BCUT2D eigenvalue weighted by atomic mass is 10.0. The molecule has 0 saturated carbocycles. The van der Waals surface area contributed by atoms with Gasteiger partial charge in [0, 0.05) is 38.1 Å². The molecule has 3 aliphatic heterocycles. The van der Waals surface area contributed by atoms with E-state index in [9.17, 15) is 9.59 Å². The minimum atomic E-state index is -0.166. The first-order valence-corrected chi connectivity index (χ1v) is 9.20. The molecular weight excluding hydrogens is 363 g/mol. The Hall–Kier alpha value is -0.560. The summed E-state index contributed by atoms with van der Waals surface area (Å²) < 4.78 is 0. The van der Waals surface area contributed by atoms with Crippen LogP contribution in [0.5, 0.6) is 0 Å². The highest BCUT2D eigenvalue weighted by Crippen LogP contribution is 2.23. The fourth-order valence-electron chi connectivity index (χ4n) is 4.19. The van der Waals surface area contributed by atoms with Crippen LogP contribution in [-0.4, -0.2) is 73.0 Å². The number of likely N-dealkylation sites (tertiary alicyclic amines) is 2. The lowest BCUT2D eigenvalue weighted by Gasteiger charge is -2.28. The average Bonchev–Trinajstić information content (AvgIpc) is 3.15. The van der Waals surface area contributed by atoms with Crippen LogP contribution >= 0.6 is 24.8 Å². The normalized spacial score (nSPS) is 29.9. The molecule has 146 valence electrons. The standard InChI is InChI=1S/C17H30N4O2.2ClH/c1-2-20-8-4-6-15(20)12-21-11-13(9-16(21)22)17(23)19-14-5-3-7-18-10-14;;/h13-15,18H,2-12H2,1H3,(H,19,23);2*1H. The summed E-state index contributed by atoms with van der Waals surface area (Å²) in [6.45, 7) is 7.65. The van der Waals surface area contributed by atoms with Crippen LogP contribution in [-0.2, 0) is 9.59 Å². The summed E-state index contributed by atoms with van der Waals surface area (Å²) in [4.78, 5) is 29.1. The second kappa shape index (κ2) is 10.6. The molecule has 3 unspecified atom stereocenters. The molecule has 0 spiro atoms. The maximum atomic E-state index is 12.4. The molecule has 0 aromatic rings. The number of carbonyl (C=O) groups is 2. The fourth-order valence-corrected chi connectivity index (χ4v) is 4.19. The zero-order valence-electron chi connectivity index (χ0n) is 15.0. The molecule has 0 aromatic carbocycles. The second-order valence-electron chi connectivity index (χ2n) is 7.18. The molecule has 0 aromatic heterocycles. The maximum absolute atomic E-state index is 12.4. The zero-order valence-corrected chi connectivity index (χ0v) is 16.7. The van der Waals surface area contributed by atoms with Gasteiger partial charge in [-0.2, -0.15) is 0 Å². The van der Waals surface area contributed by atoms with Gasteiger partial charge in [-0.25, -0.2) is 0 Å². The minimum absolute atomic E-state index is 0. The number of rotatable bonds is 5. The van der Waals surface area contributed by atoms with E-state index in [1.165, 1.54) is 12.8 Å². The van der Waals surface area contributed by atoms with Crippen LogP contribution in [0.15, 0.2) is 0 Å². The molecule has 6 nitrogen and oxygen atoms in total. The Kier molecular flexibility index (Phi) is 9.49. The van der Waals surface area contributed by atoms with Crippen LogP contribution in [0.25, 0.3) is 0 Å². The predicted octanol–water partition coefficient (Wildman–Crippen LogP) is 1.03. The Labute approximate surface area is 163 Å². The number of nitrogens with one attached hydrogen (secondary N) is 2. The average molecular weight is 395 g/mol. The second-order valence-corrected chi connectivity index (χ2v) is 7.18. The third-order valence-corrected chi connectivity index (χ3v) is 5.56. The Morgan fingerprint density at radius 3 is 2.76 bits per heavy atom. The number of nitrogens with zero attached hydrogens (tertiary/aromatic N) is 2. The van der Waals surface area contributed by atoms with Crippen molar-refractivity contribution in [2.45, 2.75) is 51.1 Å². The van der Waals surface area contributed by atoms with E-state index in [0.717, 1.165) is 45.6 Å². The quantitative estimate of drug-likeness (QED) is 0.730. The number of amides is 2. The first kappa shape index (κ1) is 22.5. The number of halogens is 2. The first-order chi connectivity index (χ1) is 11.2. The monoisotopic (exact) mass is 394 g/mol. The lowest BCUT2D eigenvalue weighted by molar-refractivity contribution is -0.129. The molecule has 3 saturated heterocycles. The summed E-state index contributed by atoms with van der Waals surface area (Å²) in [7, 11) is 0. The number of piperidine rings is 1. The van der Waals surface area contributed by atoms with Gasteiger partial charge in [-0.3, -0.25) is 14.5 Å². The highest BCUT2D eigenvalue weighted by atomic mass is 35.5. The molecule has 8 heteroatoms. The molecule has 3 fully saturated rings. The van der Waals surface area contributed by atoms with Crippen molar-refractivity contribution in [3.63, 3.8) is 0 Å². The zero-order chi connectivity index (χ0) is 16.2. The highest BCUT2D eigenvalue weighted by Gasteiger charge is 2.37. The molecule has 0 bridgehead atoms. The van der Waals surface area contributed by atoms with E-state index in [1.54, 1.807) is 0 Å². The first-order valence-electron chi connectivity index (χ1n) is 9.20. The van der Waals surface area contributed by atoms with Gasteiger partial charge in [-0.05, 0) is 45.3 Å². The van der Waals surface area contributed by atoms with Gasteiger partial charge < -0.3 is 15.5 Å². The van der Waals surface area contributed by atoms with E-state index in [1.807, 2.05) is 4.90 Å². The number of hydrogen-bond donors (Lipinski definition) is 2. The summed E-state index contributed by atoms with van der Waals surface area (Å²) in [6, 6.07) is 0.708. The molecule has 3 aliphatic rings. The predicted molar refractivity (Wildman–Crippen MR) is 103 cm³/mol. The third kappa shape index (κ3) is 5.71. The van der Waals surface area contributed by atoms with Gasteiger partial charge in [-0.1, -0.05) is 6.92 Å². The van der Waals surface area contributed by atoms with E-state index >= 15 is 0 Å². The third-order valence-electron chi connectivity index (χ3n) is 5.56. The van der Waals surface area contributed by atoms with Crippen molar-refractivity contribution < 1.29 is 9.59 Å². The van der Waals surface area contributed by atoms with E-state index in [4.69, 9.17) is 0 Å². The van der Waals surface area contributed by atoms with Crippen molar-refractivity contribution in [1.82, 2.24) is 20.4 Å². The highest BCUT2D eigenvalue weighted by molar-refractivity contribution is 5.89. The van der Waals surface area contributed by atoms with Gasteiger partial charge >= 0.3 is 0 Å². The van der Waals surface area contributed by atoms with Gasteiger partial charge in [0.25, 0.3) is 0 Å². The Morgan fingerprint density at radius 1 is 1.28 bits per heavy atom. The van der Waals surface area contributed by atoms with Crippen molar-refractivity contribution >= 4 is 36.6 Å². The fraction of sp³-hybridized carbons (Fsp3) is 0.882. The molecular formula is C17H32Cl2N4O2. The molecule has 0 aliphatic carbocycles. The number of likely N-dealkylation sites (N-methyl/N-ethyl adjacent to an activating group) is 1. The lowest BCUT2D eigenvalue weighted by Crippen LogP contribution is -2.48. The number of carbonyl (C=O) groups excluding carboxylic acids is 2. The van der Waals surface area contributed by atoms with Crippen LogP contribution < -0.4 is 10.6 Å². The van der Waals surface area contributed by atoms with E-state index < -0.39 is 0 Å². The summed E-state index contributed by atoms with van der Waals surface area (Å²) in [5.74, 6) is 0.0455. The minimum Gasteiger partial charge on any atom is -0.352 e. The summed E-state index contributed by atoms with van der Waals surface area (Å²) in [5.41, 5.74) is 0. The van der Waals surface area contributed by atoms with Crippen LogP contribution in [0, 0.1) is 5.92 Å². The van der Waals surface area contributed by atoms with Crippen molar-refractivity contribution in [3.8, 4) is 0 Å². The molecule has 2 N–H and O–H groups in total. The van der Waals surface area contributed by atoms with E-state index in [0.29, 0.717) is 19.0 Å². The molecule has 2 amide bonds. The number of hydrogen-bond acceptors (Lipinski definition) is 4. The van der Waals surface area contributed by atoms with Crippen molar-refractivity contribution in [1.29, 1.82) is 0 Å². The maximum Gasteiger partial charge on any atom is 0.225 e. The topological polar surface area (TPSA) is 64.7 Å². The van der Waals surface area contributed by atoms with Crippen molar-refractivity contribution in [3.05, 3.63) is 0 Å². The van der Waals surface area contributed by atoms with Crippen LogP contribution in [0.1, 0.15) is 39.0 Å². The van der Waals surface area contributed by atoms with Crippen LogP contribution in [0.2, 0.25) is 0 Å². The SMILES string of the molecule is CCN1CCCC1CN1CC(C(=O)NC2CCCNC2)CC1=O.Cl.Cl. The van der Waals surface area contributed by atoms with E-state index in [-0.39, 0.29) is 48.6 Å². The molecule has 25 heavy (non-hydrogen) atoms. The van der Waals surface area contributed by atoms with Crippen molar-refractivity contribution in [2.24, 2.45) is 5.92 Å². The largest absolute Gasteiger partial charge is 0.352 e. The summed E-state index contributed by atoms with van der Waals surface area (Å²) >= 11 is 0. The van der Waals surface area contributed by atoms with Crippen LogP contribution in [0.3, 0.4) is 0 Å². The molecule has 3 rings (SSSR count). The van der Waals surface area contributed by atoms with Gasteiger partial charge in [-0.15, -0.1) is 24.8 Å². The summed E-state index contributed by atoms with van der Waals surface area (Å²) in [5, 5.41) is 6.44. The Morgan fingerprint density at radius 2 is 2.08 bits per heavy atom. The molecule has 3 atom stereocenters. The van der Waals surface area contributed by atoms with E-state index in [2.05, 4.69) is 22.5 Å². The van der Waals surface area contributed by atoms with Crippen LogP contribution in [0.4, 0.5) is 0 Å². The van der Waals surface area contributed by atoms with Crippen molar-refractivity contribution in [2.75, 3.05) is 39.3 Å². The molecule has 0 radical (unpaired) electrons. The molecule has 3 heterocycles.